The summed E-state index contributed by atoms with van der Waals surface area (Å²) in [5.41, 5.74) is 8.22. The van der Waals surface area contributed by atoms with Gasteiger partial charge in [0.25, 0.3) is 0 Å². The van der Waals surface area contributed by atoms with Crippen LogP contribution in [0, 0.1) is 5.92 Å². The van der Waals surface area contributed by atoms with Crippen molar-refractivity contribution in [2.45, 2.75) is 25.9 Å². The molecule has 1 saturated heterocycles. The quantitative estimate of drug-likeness (QED) is 0.938. The number of nitrogens with two attached hydrogens (primary N) is 1. The molecule has 0 spiro atoms. The van der Waals surface area contributed by atoms with E-state index in [9.17, 15) is 0 Å². The molecule has 2 N–H and O–H groups in total. The highest BCUT2D eigenvalue weighted by molar-refractivity contribution is 9.10. The van der Waals surface area contributed by atoms with E-state index in [1.807, 2.05) is 12.3 Å². The number of likely N-dealkylation sites (tertiary alicyclic amines) is 1. The minimum Gasteiger partial charge on any atom is -0.330 e. The van der Waals surface area contributed by atoms with Crippen LogP contribution in [0.4, 0.5) is 0 Å². The zero-order valence-corrected chi connectivity index (χ0v) is 13.3. The summed E-state index contributed by atoms with van der Waals surface area (Å²) in [5, 5.41) is 1.19. The van der Waals surface area contributed by atoms with Crippen molar-refractivity contribution >= 4 is 26.8 Å². The van der Waals surface area contributed by atoms with Crippen LogP contribution in [0.2, 0.25) is 0 Å². The summed E-state index contributed by atoms with van der Waals surface area (Å²) in [7, 11) is 0. The van der Waals surface area contributed by atoms with Crippen LogP contribution in [0.5, 0.6) is 0 Å². The molecule has 0 aliphatic carbocycles. The minimum atomic E-state index is 0.603. The third kappa shape index (κ3) is 2.60. The Bertz CT molecular complexity index is 614. The Kier molecular flexibility index (Phi) is 4.06. The summed E-state index contributed by atoms with van der Waals surface area (Å²) >= 11 is 3.61. The van der Waals surface area contributed by atoms with Gasteiger partial charge in [-0.3, -0.25) is 9.88 Å². The Morgan fingerprint density at radius 2 is 2.25 bits per heavy atom. The first-order valence-corrected chi connectivity index (χ1v) is 7.94. The number of rotatable bonds is 3. The summed E-state index contributed by atoms with van der Waals surface area (Å²) in [5.74, 6) is 0.639. The predicted molar refractivity (Wildman–Crippen MR) is 86.5 cm³/mol. The number of halogens is 1. The fraction of sp³-hybridized carbons (Fsp3) is 0.438. The van der Waals surface area contributed by atoms with Crippen LogP contribution >= 0.6 is 15.9 Å². The van der Waals surface area contributed by atoms with Crippen LogP contribution in [0.25, 0.3) is 10.9 Å². The van der Waals surface area contributed by atoms with Gasteiger partial charge in [-0.2, -0.15) is 0 Å². The lowest BCUT2D eigenvalue weighted by atomic mass is 10.1. The molecule has 1 aliphatic heterocycles. The first-order chi connectivity index (χ1) is 9.69. The van der Waals surface area contributed by atoms with Gasteiger partial charge >= 0.3 is 0 Å². The minimum absolute atomic E-state index is 0.603. The summed E-state index contributed by atoms with van der Waals surface area (Å²) in [4.78, 5) is 7.09. The first-order valence-electron chi connectivity index (χ1n) is 7.15. The second-order valence-electron chi connectivity index (χ2n) is 5.72. The third-order valence-corrected chi connectivity index (χ3v) is 4.99. The van der Waals surface area contributed by atoms with Crippen LogP contribution in [-0.2, 0) is 6.54 Å². The SMILES string of the molecule is CC1CC(CN)CN1Cc1ccc(Br)c2cccnc12. The fourth-order valence-electron chi connectivity index (χ4n) is 3.15. The third-order valence-electron chi connectivity index (χ3n) is 4.30. The van der Waals surface area contributed by atoms with E-state index in [2.05, 4.69) is 50.9 Å². The van der Waals surface area contributed by atoms with Gasteiger partial charge in [-0.15, -0.1) is 0 Å². The molecule has 1 aromatic heterocycles. The van der Waals surface area contributed by atoms with Crippen molar-refractivity contribution in [1.82, 2.24) is 9.88 Å². The maximum absolute atomic E-state index is 5.82. The largest absolute Gasteiger partial charge is 0.330 e. The highest BCUT2D eigenvalue weighted by atomic mass is 79.9. The van der Waals surface area contributed by atoms with Gasteiger partial charge in [0.05, 0.1) is 5.52 Å². The molecule has 20 heavy (non-hydrogen) atoms. The molecule has 0 bridgehead atoms. The Labute approximate surface area is 128 Å². The molecule has 2 unspecified atom stereocenters. The Morgan fingerprint density at radius 3 is 3.00 bits per heavy atom. The van der Waals surface area contributed by atoms with E-state index < -0.39 is 0 Å². The molecular formula is C16H20BrN3. The topological polar surface area (TPSA) is 42.1 Å². The normalized spacial score (nSPS) is 23.6. The second kappa shape index (κ2) is 5.80. The van der Waals surface area contributed by atoms with E-state index in [-0.39, 0.29) is 0 Å². The lowest BCUT2D eigenvalue weighted by Gasteiger charge is -2.21. The van der Waals surface area contributed by atoms with Crippen molar-refractivity contribution in [3.63, 3.8) is 0 Å². The lowest BCUT2D eigenvalue weighted by molar-refractivity contribution is 0.256. The number of aromatic nitrogens is 1. The number of pyridine rings is 1. The van der Waals surface area contributed by atoms with Gasteiger partial charge in [-0.25, -0.2) is 0 Å². The van der Waals surface area contributed by atoms with Gasteiger partial charge in [0.2, 0.25) is 0 Å². The molecule has 2 aromatic rings. The molecule has 1 aliphatic rings. The van der Waals surface area contributed by atoms with Gasteiger partial charge in [-0.1, -0.05) is 28.1 Å². The van der Waals surface area contributed by atoms with Gasteiger partial charge < -0.3 is 5.73 Å². The molecule has 4 heteroatoms. The van der Waals surface area contributed by atoms with Crippen LogP contribution in [0.1, 0.15) is 18.9 Å². The van der Waals surface area contributed by atoms with E-state index in [4.69, 9.17) is 5.73 Å². The summed E-state index contributed by atoms with van der Waals surface area (Å²) in [6.45, 7) is 5.14. The molecule has 2 heterocycles. The summed E-state index contributed by atoms with van der Waals surface area (Å²) < 4.78 is 1.11. The molecule has 3 nitrogen and oxygen atoms in total. The Morgan fingerprint density at radius 1 is 1.40 bits per heavy atom. The van der Waals surface area contributed by atoms with Crippen molar-refractivity contribution in [2.75, 3.05) is 13.1 Å². The van der Waals surface area contributed by atoms with Crippen molar-refractivity contribution < 1.29 is 0 Å². The van der Waals surface area contributed by atoms with Crippen LogP contribution in [0.15, 0.2) is 34.9 Å². The number of hydrogen-bond acceptors (Lipinski definition) is 3. The van der Waals surface area contributed by atoms with Crippen LogP contribution in [-0.4, -0.2) is 29.0 Å². The molecule has 1 aromatic carbocycles. The Balaban J connectivity index is 1.90. The molecule has 2 atom stereocenters. The van der Waals surface area contributed by atoms with E-state index in [1.165, 1.54) is 17.4 Å². The number of nitrogens with zero attached hydrogens (tertiary/aromatic N) is 2. The predicted octanol–water partition coefficient (Wildman–Crippen LogP) is 3.17. The van der Waals surface area contributed by atoms with Crippen molar-refractivity contribution in [3.8, 4) is 0 Å². The fourth-order valence-corrected chi connectivity index (χ4v) is 3.60. The van der Waals surface area contributed by atoms with E-state index in [0.29, 0.717) is 12.0 Å². The van der Waals surface area contributed by atoms with E-state index >= 15 is 0 Å². The standard InChI is InChI=1S/C16H20BrN3/c1-11-7-12(8-18)9-20(11)10-13-4-5-15(17)14-3-2-6-19-16(13)14/h2-6,11-12H,7-10,18H2,1H3. The number of benzene rings is 1. The van der Waals surface area contributed by atoms with Gasteiger partial charge in [0.1, 0.15) is 0 Å². The van der Waals surface area contributed by atoms with E-state index in [1.54, 1.807) is 0 Å². The average molecular weight is 334 g/mol. The highest BCUT2D eigenvalue weighted by Gasteiger charge is 2.28. The van der Waals surface area contributed by atoms with Crippen molar-refractivity contribution in [1.29, 1.82) is 0 Å². The number of fused-ring (bicyclic) bond motifs is 1. The van der Waals surface area contributed by atoms with Crippen molar-refractivity contribution in [2.24, 2.45) is 11.7 Å². The molecule has 3 rings (SSSR count). The maximum Gasteiger partial charge on any atom is 0.0758 e. The van der Waals surface area contributed by atoms with Gasteiger partial charge in [-0.05, 0) is 43.5 Å². The van der Waals surface area contributed by atoms with Crippen LogP contribution < -0.4 is 5.73 Å². The maximum atomic E-state index is 5.82. The molecule has 0 saturated carbocycles. The second-order valence-corrected chi connectivity index (χ2v) is 6.58. The average Bonchev–Trinajstić information content (AvgIpc) is 2.83. The molecule has 1 fully saturated rings. The van der Waals surface area contributed by atoms with Crippen LogP contribution in [0.3, 0.4) is 0 Å². The molecule has 0 amide bonds. The Hall–Kier alpha value is -0.970. The smallest absolute Gasteiger partial charge is 0.0758 e. The molecule has 106 valence electrons. The lowest BCUT2D eigenvalue weighted by Crippen LogP contribution is -2.27. The summed E-state index contributed by atoms with van der Waals surface area (Å²) in [6.07, 6.45) is 3.08. The number of hydrogen-bond donors (Lipinski definition) is 1. The zero-order valence-electron chi connectivity index (χ0n) is 11.7. The monoisotopic (exact) mass is 333 g/mol. The zero-order chi connectivity index (χ0) is 14.1. The molecular weight excluding hydrogens is 314 g/mol. The molecule has 0 radical (unpaired) electrons. The van der Waals surface area contributed by atoms with Gasteiger partial charge in [0.15, 0.2) is 0 Å². The van der Waals surface area contributed by atoms with Crippen molar-refractivity contribution in [3.05, 3.63) is 40.5 Å². The highest BCUT2D eigenvalue weighted by Crippen LogP contribution is 2.29. The summed E-state index contributed by atoms with van der Waals surface area (Å²) in [6, 6.07) is 9.01. The van der Waals surface area contributed by atoms with E-state index in [0.717, 1.165) is 29.6 Å². The van der Waals surface area contributed by atoms with Gasteiger partial charge in [0, 0.05) is 35.2 Å². The first kappa shape index (κ1) is 14.0.